The highest BCUT2D eigenvalue weighted by atomic mass is 19.1. The minimum Gasteiger partial charge on any atom is -0.353 e. The van der Waals surface area contributed by atoms with Crippen molar-refractivity contribution >= 4 is 5.84 Å². The highest BCUT2D eigenvalue weighted by Gasteiger charge is 2.34. The summed E-state index contributed by atoms with van der Waals surface area (Å²) in [5.41, 5.74) is 1.10. The number of benzene rings is 1. The first-order valence-corrected chi connectivity index (χ1v) is 6.05. The molecule has 90 valence electrons. The Morgan fingerprint density at radius 2 is 2.12 bits per heavy atom. The molecule has 0 aromatic heterocycles. The second-order valence-corrected chi connectivity index (χ2v) is 4.65. The van der Waals surface area contributed by atoms with E-state index in [-0.39, 0.29) is 11.9 Å². The third kappa shape index (κ3) is 1.82. The topological polar surface area (TPSA) is 27.6 Å². The zero-order chi connectivity index (χ0) is 11.8. The number of hydrogen-bond donors (Lipinski definition) is 1. The summed E-state index contributed by atoms with van der Waals surface area (Å²) in [5.74, 6) is 0.949. The van der Waals surface area contributed by atoms with Crippen molar-refractivity contribution in [3.05, 3.63) is 35.6 Å². The van der Waals surface area contributed by atoms with Crippen molar-refractivity contribution in [2.75, 3.05) is 19.6 Å². The zero-order valence-corrected chi connectivity index (χ0v) is 9.86. The summed E-state index contributed by atoms with van der Waals surface area (Å²) >= 11 is 0. The molecule has 0 bridgehead atoms. The SMILES string of the molecule is CC1C(c2ccc(F)cc2)N=C2CNCCN21. The van der Waals surface area contributed by atoms with E-state index in [9.17, 15) is 4.39 Å². The minimum atomic E-state index is -0.188. The van der Waals surface area contributed by atoms with Gasteiger partial charge in [-0.25, -0.2) is 4.39 Å². The maximum Gasteiger partial charge on any atom is 0.123 e. The number of halogens is 1. The monoisotopic (exact) mass is 233 g/mol. The second kappa shape index (κ2) is 4.11. The van der Waals surface area contributed by atoms with Gasteiger partial charge in [-0.3, -0.25) is 4.99 Å². The van der Waals surface area contributed by atoms with Crippen LogP contribution >= 0.6 is 0 Å². The molecule has 1 N–H and O–H groups in total. The van der Waals surface area contributed by atoms with Crippen LogP contribution in [0, 0.1) is 5.82 Å². The Hall–Kier alpha value is -1.42. The van der Waals surface area contributed by atoms with Crippen molar-refractivity contribution in [1.29, 1.82) is 0 Å². The average Bonchev–Trinajstić information content (AvgIpc) is 2.69. The van der Waals surface area contributed by atoms with E-state index in [0.29, 0.717) is 6.04 Å². The van der Waals surface area contributed by atoms with Gasteiger partial charge < -0.3 is 10.2 Å². The Labute approximate surface area is 100 Å². The molecular weight excluding hydrogens is 217 g/mol. The summed E-state index contributed by atoms with van der Waals surface area (Å²) in [4.78, 5) is 7.10. The molecule has 2 aliphatic heterocycles. The average molecular weight is 233 g/mol. The second-order valence-electron chi connectivity index (χ2n) is 4.65. The first kappa shape index (κ1) is 10.7. The molecule has 0 aliphatic carbocycles. The number of hydrogen-bond acceptors (Lipinski definition) is 3. The Bertz CT molecular complexity index is 440. The summed E-state index contributed by atoms with van der Waals surface area (Å²) in [6, 6.07) is 7.22. The van der Waals surface area contributed by atoms with Crippen molar-refractivity contribution in [2.45, 2.75) is 19.0 Å². The van der Waals surface area contributed by atoms with Gasteiger partial charge in [-0.2, -0.15) is 0 Å². The van der Waals surface area contributed by atoms with E-state index in [0.717, 1.165) is 31.0 Å². The molecule has 17 heavy (non-hydrogen) atoms. The summed E-state index contributed by atoms with van der Waals surface area (Å²) in [7, 11) is 0. The van der Waals surface area contributed by atoms with Gasteiger partial charge in [0.1, 0.15) is 11.7 Å². The van der Waals surface area contributed by atoms with Crippen LogP contribution in [0.25, 0.3) is 0 Å². The Morgan fingerprint density at radius 1 is 1.35 bits per heavy atom. The molecule has 2 unspecified atom stereocenters. The van der Waals surface area contributed by atoms with Gasteiger partial charge in [0.25, 0.3) is 0 Å². The first-order chi connectivity index (χ1) is 8.25. The van der Waals surface area contributed by atoms with Crippen molar-refractivity contribution < 1.29 is 4.39 Å². The van der Waals surface area contributed by atoms with Crippen LogP contribution in [0.2, 0.25) is 0 Å². The Balaban J connectivity index is 1.89. The van der Waals surface area contributed by atoms with Gasteiger partial charge in [0.05, 0.1) is 18.6 Å². The third-order valence-electron chi connectivity index (χ3n) is 3.59. The standard InChI is InChI=1S/C13H16FN3/c1-9-13(10-2-4-11(14)5-3-10)16-12-8-15-6-7-17(9)12/h2-5,9,13,15H,6-8H2,1H3. The molecule has 0 amide bonds. The van der Waals surface area contributed by atoms with Gasteiger partial charge in [0.15, 0.2) is 0 Å². The summed E-state index contributed by atoms with van der Waals surface area (Å²) in [5, 5.41) is 3.33. The summed E-state index contributed by atoms with van der Waals surface area (Å²) in [6.07, 6.45) is 0. The molecule has 1 fully saturated rings. The molecule has 3 nitrogen and oxygen atoms in total. The van der Waals surface area contributed by atoms with Crippen molar-refractivity contribution in [2.24, 2.45) is 4.99 Å². The van der Waals surface area contributed by atoms with Gasteiger partial charge in [-0.05, 0) is 24.6 Å². The third-order valence-corrected chi connectivity index (χ3v) is 3.59. The number of piperazine rings is 1. The van der Waals surface area contributed by atoms with E-state index in [1.807, 2.05) is 12.1 Å². The maximum absolute atomic E-state index is 12.9. The van der Waals surface area contributed by atoms with Crippen molar-refractivity contribution in [1.82, 2.24) is 10.2 Å². The van der Waals surface area contributed by atoms with Gasteiger partial charge in [0, 0.05) is 13.1 Å². The first-order valence-electron chi connectivity index (χ1n) is 6.05. The molecule has 0 spiro atoms. The van der Waals surface area contributed by atoms with Crippen LogP contribution in [-0.2, 0) is 0 Å². The van der Waals surface area contributed by atoms with Crippen LogP contribution in [0.5, 0.6) is 0 Å². The summed E-state index contributed by atoms with van der Waals surface area (Å²) in [6.45, 7) is 5.06. The zero-order valence-electron chi connectivity index (χ0n) is 9.86. The number of nitrogens with one attached hydrogen (secondary N) is 1. The molecule has 2 aliphatic rings. The van der Waals surface area contributed by atoms with Crippen LogP contribution in [0.4, 0.5) is 4.39 Å². The molecule has 4 heteroatoms. The van der Waals surface area contributed by atoms with E-state index in [1.165, 1.54) is 12.1 Å². The number of nitrogens with zero attached hydrogens (tertiary/aromatic N) is 2. The lowest BCUT2D eigenvalue weighted by atomic mass is 10.0. The fraction of sp³-hybridized carbons (Fsp3) is 0.462. The number of aliphatic imine (C=N–C) groups is 1. The molecule has 2 heterocycles. The molecule has 1 saturated heterocycles. The Morgan fingerprint density at radius 3 is 2.82 bits per heavy atom. The van der Waals surface area contributed by atoms with Crippen LogP contribution < -0.4 is 5.32 Å². The van der Waals surface area contributed by atoms with Gasteiger partial charge >= 0.3 is 0 Å². The normalized spacial score (nSPS) is 27.9. The largest absolute Gasteiger partial charge is 0.353 e. The van der Waals surface area contributed by atoms with Crippen LogP contribution in [0.3, 0.4) is 0 Å². The van der Waals surface area contributed by atoms with Gasteiger partial charge in [-0.1, -0.05) is 12.1 Å². The smallest absolute Gasteiger partial charge is 0.123 e. The van der Waals surface area contributed by atoms with Crippen molar-refractivity contribution in [3.63, 3.8) is 0 Å². The van der Waals surface area contributed by atoms with Gasteiger partial charge in [0.2, 0.25) is 0 Å². The lowest BCUT2D eigenvalue weighted by molar-refractivity contribution is 0.307. The Kier molecular flexibility index (Phi) is 2.59. The summed E-state index contributed by atoms with van der Waals surface area (Å²) < 4.78 is 12.9. The highest BCUT2D eigenvalue weighted by molar-refractivity contribution is 5.87. The number of fused-ring (bicyclic) bond motifs is 1. The molecule has 0 radical (unpaired) electrons. The van der Waals surface area contributed by atoms with Crippen molar-refractivity contribution in [3.8, 4) is 0 Å². The quantitative estimate of drug-likeness (QED) is 0.797. The highest BCUT2D eigenvalue weighted by Crippen LogP contribution is 2.31. The van der Waals surface area contributed by atoms with E-state index in [1.54, 1.807) is 0 Å². The predicted molar refractivity (Wildman–Crippen MR) is 65.6 cm³/mol. The van der Waals surface area contributed by atoms with E-state index >= 15 is 0 Å². The number of amidine groups is 1. The van der Waals surface area contributed by atoms with E-state index in [2.05, 4.69) is 17.1 Å². The fourth-order valence-electron chi connectivity index (χ4n) is 2.64. The maximum atomic E-state index is 12.9. The predicted octanol–water partition coefficient (Wildman–Crippen LogP) is 1.57. The number of rotatable bonds is 1. The van der Waals surface area contributed by atoms with Gasteiger partial charge in [-0.15, -0.1) is 0 Å². The molecule has 1 aromatic rings. The minimum absolute atomic E-state index is 0.144. The molecule has 0 saturated carbocycles. The fourth-order valence-corrected chi connectivity index (χ4v) is 2.64. The molecule has 1 aromatic carbocycles. The van der Waals surface area contributed by atoms with E-state index in [4.69, 9.17) is 4.99 Å². The van der Waals surface area contributed by atoms with Crippen LogP contribution in [-0.4, -0.2) is 36.4 Å². The lowest BCUT2D eigenvalue weighted by Gasteiger charge is -2.31. The molecule has 3 rings (SSSR count). The van der Waals surface area contributed by atoms with Crippen LogP contribution in [0.15, 0.2) is 29.3 Å². The van der Waals surface area contributed by atoms with Crippen LogP contribution in [0.1, 0.15) is 18.5 Å². The van der Waals surface area contributed by atoms with E-state index < -0.39 is 0 Å². The lowest BCUT2D eigenvalue weighted by Crippen LogP contribution is -2.49. The molecular formula is C13H16FN3. The molecule has 2 atom stereocenters.